The lowest BCUT2D eigenvalue weighted by Crippen LogP contribution is -2.25. The Morgan fingerprint density at radius 3 is 2.64 bits per heavy atom. The van der Waals surface area contributed by atoms with Crippen LogP contribution in [0.5, 0.6) is 0 Å². The van der Waals surface area contributed by atoms with Crippen LogP contribution in [0.2, 0.25) is 0 Å². The van der Waals surface area contributed by atoms with Gasteiger partial charge in [0.25, 0.3) is 5.91 Å². The predicted octanol–water partition coefficient (Wildman–Crippen LogP) is 2.81. The summed E-state index contributed by atoms with van der Waals surface area (Å²) in [6, 6.07) is 15.4. The Kier molecular flexibility index (Phi) is 4.72. The third-order valence-corrected chi connectivity index (χ3v) is 4.49. The first-order chi connectivity index (χ1) is 13.6. The third kappa shape index (κ3) is 3.55. The maximum absolute atomic E-state index is 12.7. The van der Waals surface area contributed by atoms with Crippen molar-refractivity contribution in [2.24, 2.45) is 14.1 Å². The monoisotopic (exact) mass is 372 g/mol. The van der Waals surface area contributed by atoms with Crippen molar-refractivity contribution in [1.29, 1.82) is 0 Å². The van der Waals surface area contributed by atoms with Gasteiger partial charge >= 0.3 is 0 Å². The highest BCUT2D eigenvalue weighted by atomic mass is 16.2. The minimum absolute atomic E-state index is 0.182. The number of carbonyl (C=O) groups is 1. The van der Waals surface area contributed by atoms with Crippen LogP contribution in [0.25, 0.3) is 22.5 Å². The van der Waals surface area contributed by atoms with Crippen LogP contribution in [-0.2, 0) is 20.6 Å². The standard InChI is InChI=1S/C21H20N6O/c1-26-14-17(13-24-26)20-16(9-6-10-22-20)12-23-21(28)19-11-18(25-27(19)2)15-7-4-3-5-8-15/h3-11,13-14H,12H2,1-2H3,(H,23,28). The van der Waals surface area contributed by atoms with Gasteiger partial charge in [-0.25, -0.2) is 0 Å². The number of hydrogen-bond acceptors (Lipinski definition) is 4. The summed E-state index contributed by atoms with van der Waals surface area (Å²) in [6.45, 7) is 0.364. The summed E-state index contributed by atoms with van der Waals surface area (Å²) >= 11 is 0. The molecule has 0 aliphatic heterocycles. The number of aryl methyl sites for hydroxylation is 2. The van der Waals surface area contributed by atoms with E-state index in [1.807, 2.05) is 55.7 Å². The summed E-state index contributed by atoms with van der Waals surface area (Å²) in [6.07, 6.45) is 5.41. The van der Waals surface area contributed by atoms with Crippen molar-refractivity contribution in [3.8, 4) is 22.5 Å². The first-order valence-corrected chi connectivity index (χ1v) is 8.92. The maximum atomic E-state index is 12.7. The van der Waals surface area contributed by atoms with Gasteiger partial charge in [-0.3, -0.25) is 19.1 Å². The number of nitrogens with zero attached hydrogens (tertiary/aromatic N) is 5. The van der Waals surface area contributed by atoms with E-state index < -0.39 is 0 Å². The second-order valence-electron chi connectivity index (χ2n) is 6.50. The van der Waals surface area contributed by atoms with Gasteiger partial charge in [0.05, 0.1) is 17.6 Å². The molecule has 0 aliphatic rings. The fourth-order valence-corrected chi connectivity index (χ4v) is 3.08. The molecule has 140 valence electrons. The summed E-state index contributed by atoms with van der Waals surface area (Å²) in [4.78, 5) is 17.2. The first-order valence-electron chi connectivity index (χ1n) is 8.92. The number of aromatic nitrogens is 5. The molecule has 1 aromatic carbocycles. The van der Waals surface area contributed by atoms with E-state index in [0.717, 1.165) is 28.1 Å². The number of carbonyl (C=O) groups excluding carboxylic acids is 1. The Labute approximate surface area is 162 Å². The van der Waals surface area contributed by atoms with Gasteiger partial charge in [0, 0.05) is 44.2 Å². The smallest absolute Gasteiger partial charge is 0.269 e. The molecule has 0 bridgehead atoms. The fraction of sp³-hybridized carbons (Fsp3) is 0.143. The Bertz CT molecular complexity index is 1110. The number of hydrogen-bond donors (Lipinski definition) is 1. The summed E-state index contributed by atoms with van der Waals surface area (Å²) in [7, 11) is 3.63. The molecular weight excluding hydrogens is 352 g/mol. The van der Waals surface area contributed by atoms with Gasteiger partial charge in [-0.1, -0.05) is 36.4 Å². The van der Waals surface area contributed by atoms with Crippen LogP contribution in [0.1, 0.15) is 16.1 Å². The summed E-state index contributed by atoms with van der Waals surface area (Å²) in [5.41, 5.74) is 4.90. The highest BCUT2D eigenvalue weighted by Gasteiger charge is 2.15. The Morgan fingerprint density at radius 2 is 1.89 bits per heavy atom. The zero-order chi connectivity index (χ0) is 19.5. The molecule has 0 fully saturated rings. The average molecular weight is 372 g/mol. The van der Waals surface area contributed by atoms with Gasteiger partial charge in [-0.05, 0) is 17.7 Å². The Morgan fingerprint density at radius 1 is 1.07 bits per heavy atom. The number of pyridine rings is 1. The van der Waals surface area contributed by atoms with Gasteiger partial charge in [0.1, 0.15) is 5.69 Å². The van der Waals surface area contributed by atoms with Gasteiger partial charge < -0.3 is 5.32 Å². The van der Waals surface area contributed by atoms with Crippen LogP contribution in [0.15, 0.2) is 67.1 Å². The Hall–Kier alpha value is -3.74. The van der Waals surface area contributed by atoms with Crippen molar-refractivity contribution in [1.82, 2.24) is 29.9 Å². The molecule has 4 rings (SSSR count). The van der Waals surface area contributed by atoms with Crippen LogP contribution in [0.3, 0.4) is 0 Å². The molecular formula is C21H20N6O. The summed E-state index contributed by atoms with van der Waals surface area (Å²) in [5.74, 6) is -0.182. The summed E-state index contributed by atoms with van der Waals surface area (Å²) in [5, 5.41) is 11.6. The van der Waals surface area contributed by atoms with Crippen molar-refractivity contribution in [3.05, 3.63) is 78.4 Å². The lowest BCUT2D eigenvalue weighted by molar-refractivity contribution is 0.0941. The van der Waals surface area contributed by atoms with E-state index >= 15 is 0 Å². The van der Waals surface area contributed by atoms with Crippen molar-refractivity contribution in [3.63, 3.8) is 0 Å². The Balaban J connectivity index is 1.52. The molecule has 7 nitrogen and oxygen atoms in total. The molecule has 0 saturated carbocycles. The zero-order valence-electron chi connectivity index (χ0n) is 15.7. The molecule has 1 N–H and O–H groups in total. The SMILES string of the molecule is Cn1cc(-c2ncccc2CNC(=O)c2cc(-c3ccccc3)nn2C)cn1. The van der Waals surface area contributed by atoms with E-state index in [-0.39, 0.29) is 5.91 Å². The number of amides is 1. The van der Waals surface area contributed by atoms with Gasteiger partial charge in [0.15, 0.2) is 0 Å². The molecule has 0 unspecified atom stereocenters. The van der Waals surface area contributed by atoms with E-state index in [4.69, 9.17) is 0 Å². The molecule has 0 spiro atoms. The van der Waals surface area contributed by atoms with Crippen molar-refractivity contribution in [2.75, 3.05) is 0 Å². The molecule has 0 saturated heterocycles. The van der Waals surface area contributed by atoms with E-state index in [1.54, 1.807) is 34.9 Å². The van der Waals surface area contributed by atoms with E-state index in [9.17, 15) is 4.79 Å². The normalized spacial score (nSPS) is 10.8. The second-order valence-corrected chi connectivity index (χ2v) is 6.50. The molecule has 0 radical (unpaired) electrons. The first kappa shape index (κ1) is 17.7. The lowest BCUT2D eigenvalue weighted by atomic mass is 10.1. The van der Waals surface area contributed by atoms with Gasteiger partial charge in [0.2, 0.25) is 0 Å². The minimum Gasteiger partial charge on any atom is -0.347 e. The molecule has 0 atom stereocenters. The van der Waals surface area contributed by atoms with Gasteiger partial charge in [-0.2, -0.15) is 10.2 Å². The zero-order valence-corrected chi connectivity index (χ0v) is 15.7. The van der Waals surface area contributed by atoms with Crippen molar-refractivity contribution in [2.45, 2.75) is 6.54 Å². The van der Waals surface area contributed by atoms with E-state index in [0.29, 0.717) is 12.2 Å². The second kappa shape index (κ2) is 7.48. The quantitative estimate of drug-likeness (QED) is 0.584. The number of nitrogens with one attached hydrogen (secondary N) is 1. The highest BCUT2D eigenvalue weighted by molar-refractivity contribution is 5.93. The third-order valence-electron chi connectivity index (χ3n) is 4.49. The maximum Gasteiger partial charge on any atom is 0.269 e. The topological polar surface area (TPSA) is 77.6 Å². The summed E-state index contributed by atoms with van der Waals surface area (Å²) < 4.78 is 3.33. The van der Waals surface area contributed by atoms with Crippen LogP contribution < -0.4 is 5.32 Å². The molecule has 3 aromatic heterocycles. The predicted molar refractivity (Wildman–Crippen MR) is 106 cm³/mol. The molecule has 7 heteroatoms. The molecule has 1 amide bonds. The van der Waals surface area contributed by atoms with Crippen LogP contribution in [0.4, 0.5) is 0 Å². The fourth-order valence-electron chi connectivity index (χ4n) is 3.08. The molecule has 3 heterocycles. The van der Waals surface area contributed by atoms with Crippen LogP contribution in [0, 0.1) is 0 Å². The minimum atomic E-state index is -0.182. The average Bonchev–Trinajstić information content (AvgIpc) is 3.33. The largest absolute Gasteiger partial charge is 0.347 e. The molecule has 4 aromatic rings. The van der Waals surface area contributed by atoms with Crippen LogP contribution in [-0.4, -0.2) is 30.5 Å². The highest BCUT2D eigenvalue weighted by Crippen LogP contribution is 2.21. The molecule has 0 aliphatic carbocycles. The number of rotatable bonds is 5. The van der Waals surface area contributed by atoms with Gasteiger partial charge in [-0.15, -0.1) is 0 Å². The van der Waals surface area contributed by atoms with E-state index in [1.165, 1.54) is 0 Å². The van der Waals surface area contributed by atoms with E-state index in [2.05, 4.69) is 20.5 Å². The van der Waals surface area contributed by atoms with Crippen molar-refractivity contribution >= 4 is 5.91 Å². The number of benzene rings is 1. The molecule has 28 heavy (non-hydrogen) atoms. The lowest BCUT2D eigenvalue weighted by Gasteiger charge is -2.08. The van der Waals surface area contributed by atoms with Crippen LogP contribution >= 0.6 is 0 Å². The van der Waals surface area contributed by atoms with Crippen molar-refractivity contribution < 1.29 is 4.79 Å².